The minimum Gasteiger partial charge on any atom is -0.486 e. The number of nitriles is 1. The van der Waals surface area contributed by atoms with Crippen LogP contribution in [0.1, 0.15) is 26.6 Å². The van der Waals surface area contributed by atoms with Crippen molar-refractivity contribution in [2.24, 2.45) is 11.8 Å². The van der Waals surface area contributed by atoms with E-state index in [4.69, 9.17) is 19.7 Å². The van der Waals surface area contributed by atoms with Gasteiger partial charge < -0.3 is 14.0 Å². The fourth-order valence-corrected chi connectivity index (χ4v) is 2.75. The van der Waals surface area contributed by atoms with Crippen molar-refractivity contribution in [3.63, 3.8) is 0 Å². The van der Waals surface area contributed by atoms with Crippen LogP contribution in [-0.2, 0) is 13.0 Å². The normalized spacial score (nSPS) is 15.0. The molecular weight excluding hydrogens is 278 g/mol. The lowest BCUT2D eigenvalue weighted by atomic mass is 10.1. The van der Waals surface area contributed by atoms with Gasteiger partial charge in [-0.15, -0.1) is 0 Å². The van der Waals surface area contributed by atoms with Crippen LogP contribution in [0.3, 0.4) is 0 Å². The maximum Gasteiger partial charge on any atom is 0.163 e. The van der Waals surface area contributed by atoms with Crippen LogP contribution in [0.2, 0.25) is 0 Å². The van der Waals surface area contributed by atoms with Crippen molar-refractivity contribution in [2.45, 2.75) is 33.7 Å². The molecule has 0 radical (unpaired) electrons. The number of imidazole rings is 1. The van der Waals surface area contributed by atoms with Gasteiger partial charge in [-0.1, -0.05) is 13.8 Å². The third kappa shape index (κ3) is 2.74. The summed E-state index contributed by atoms with van der Waals surface area (Å²) >= 11 is 0. The molecule has 3 rings (SSSR count). The zero-order valence-electron chi connectivity index (χ0n) is 13.3. The van der Waals surface area contributed by atoms with Crippen molar-refractivity contribution in [2.75, 3.05) is 13.2 Å². The van der Waals surface area contributed by atoms with Gasteiger partial charge in [0.1, 0.15) is 19.0 Å². The van der Waals surface area contributed by atoms with Crippen LogP contribution in [0.25, 0.3) is 11.0 Å². The lowest BCUT2D eigenvalue weighted by Crippen LogP contribution is -2.15. The number of rotatable bonds is 4. The minimum absolute atomic E-state index is 0.0588. The van der Waals surface area contributed by atoms with Gasteiger partial charge in [0.25, 0.3) is 0 Å². The number of benzene rings is 1. The van der Waals surface area contributed by atoms with E-state index < -0.39 is 0 Å². The van der Waals surface area contributed by atoms with Gasteiger partial charge in [0.2, 0.25) is 0 Å². The maximum atomic E-state index is 9.14. The van der Waals surface area contributed by atoms with Crippen molar-refractivity contribution in [1.82, 2.24) is 9.55 Å². The zero-order chi connectivity index (χ0) is 15.7. The number of hydrogen-bond donors (Lipinski definition) is 0. The molecule has 5 nitrogen and oxygen atoms in total. The molecule has 0 fully saturated rings. The highest BCUT2D eigenvalue weighted by atomic mass is 16.6. The summed E-state index contributed by atoms with van der Waals surface area (Å²) in [5.41, 5.74) is 1.92. The molecule has 0 amide bonds. The van der Waals surface area contributed by atoms with E-state index in [0.717, 1.165) is 34.8 Å². The molecule has 0 N–H and O–H groups in total. The molecule has 1 aromatic carbocycles. The molecule has 2 aromatic rings. The lowest BCUT2D eigenvalue weighted by Gasteiger charge is -2.18. The summed E-state index contributed by atoms with van der Waals surface area (Å²) < 4.78 is 13.5. The zero-order valence-corrected chi connectivity index (χ0v) is 13.3. The van der Waals surface area contributed by atoms with Crippen LogP contribution in [0.15, 0.2) is 12.1 Å². The van der Waals surface area contributed by atoms with E-state index in [-0.39, 0.29) is 5.92 Å². The molecule has 1 aliphatic heterocycles. The fraction of sp³-hybridized carbons (Fsp3) is 0.529. The van der Waals surface area contributed by atoms with Crippen molar-refractivity contribution < 1.29 is 9.47 Å². The first-order valence-corrected chi connectivity index (χ1v) is 7.77. The van der Waals surface area contributed by atoms with Crippen LogP contribution >= 0.6 is 0 Å². The van der Waals surface area contributed by atoms with E-state index in [1.807, 2.05) is 19.1 Å². The highest BCUT2D eigenvalue weighted by molar-refractivity contribution is 5.81. The van der Waals surface area contributed by atoms with Gasteiger partial charge in [-0.05, 0) is 12.8 Å². The molecule has 1 aliphatic rings. The van der Waals surface area contributed by atoms with E-state index >= 15 is 0 Å². The monoisotopic (exact) mass is 299 g/mol. The smallest absolute Gasteiger partial charge is 0.163 e. The number of hydrogen-bond acceptors (Lipinski definition) is 4. The molecule has 22 heavy (non-hydrogen) atoms. The highest BCUT2D eigenvalue weighted by Crippen LogP contribution is 2.35. The second kappa shape index (κ2) is 5.88. The van der Waals surface area contributed by atoms with Gasteiger partial charge in [0.05, 0.1) is 23.0 Å². The molecule has 116 valence electrons. The Bertz CT molecular complexity index is 728. The summed E-state index contributed by atoms with van der Waals surface area (Å²) in [5, 5.41) is 9.14. The number of nitrogens with zero attached hydrogens (tertiary/aromatic N) is 3. The van der Waals surface area contributed by atoms with Gasteiger partial charge >= 0.3 is 0 Å². The molecule has 2 heterocycles. The molecule has 0 bridgehead atoms. The molecule has 1 aromatic heterocycles. The summed E-state index contributed by atoms with van der Waals surface area (Å²) in [6.07, 6.45) is 0.888. The van der Waals surface area contributed by atoms with Gasteiger partial charge in [-0.2, -0.15) is 5.26 Å². The molecule has 5 heteroatoms. The Balaban J connectivity index is 2.11. The van der Waals surface area contributed by atoms with Crippen LogP contribution < -0.4 is 9.47 Å². The quantitative estimate of drug-likeness (QED) is 0.870. The Kier molecular flexibility index (Phi) is 3.93. The Hall–Kier alpha value is -2.22. The van der Waals surface area contributed by atoms with Gasteiger partial charge in [-0.3, -0.25) is 0 Å². The predicted molar refractivity (Wildman–Crippen MR) is 84.0 cm³/mol. The molecule has 1 unspecified atom stereocenters. The summed E-state index contributed by atoms with van der Waals surface area (Å²) in [6.45, 7) is 8.07. The van der Waals surface area contributed by atoms with Crippen molar-refractivity contribution in [1.29, 1.82) is 5.26 Å². The third-order valence-electron chi connectivity index (χ3n) is 3.76. The van der Waals surface area contributed by atoms with Crippen molar-refractivity contribution in [3.8, 4) is 17.6 Å². The van der Waals surface area contributed by atoms with Crippen molar-refractivity contribution >= 4 is 11.0 Å². The van der Waals surface area contributed by atoms with Crippen molar-refractivity contribution in [3.05, 3.63) is 18.0 Å². The average Bonchev–Trinajstić information content (AvgIpc) is 2.81. The molecule has 0 spiro atoms. The Morgan fingerprint density at radius 1 is 1.23 bits per heavy atom. The first kappa shape index (κ1) is 14.7. The molecule has 0 saturated heterocycles. The third-order valence-corrected chi connectivity index (χ3v) is 3.76. The number of aromatic nitrogens is 2. The van der Waals surface area contributed by atoms with E-state index in [1.165, 1.54) is 0 Å². The maximum absolute atomic E-state index is 9.14. The Morgan fingerprint density at radius 3 is 2.55 bits per heavy atom. The van der Waals surface area contributed by atoms with Gasteiger partial charge in [0.15, 0.2) is 11.5 Å². The second-order valence-corrected chi connectivity index (χ2v) is 6.25. The molecule has 0 saturated carbocycles. The average molecular weight is 299 g/mol. The minimum atomic E-state index is -0.0588. The molecule has 1 atom stereocenters. The topological polar surface area (TPSA) is 60.1 Å². The van der Waals surface area contributed by atoms with Crippen LogP contribution in [0.4, 0.5) is 0 Å². The molecular formula is C17H21N3O2. The van der Waals surface area contributed by atoms with Crippen LogP contribution in [-0.4, -0.2) is 22.8 Å². The summed E-state index contributed by atoms with van der Waals surface area (Å²) in [5.74, 6) is 2.99. The largest absolute Gasteiger partial charge is 0.486 e. The van der Waals surface area contributed by atoms with E-state index in [1.54, 1.807) is 0 Å². The standard InChI is InChI=1S/C17H21N3O2/c1-11(2)6-17-19-13-7-15-16(22-5-4-21-15)8-14(13)20(17)10-12(3)9-18/h7-8,11-12H,4-6,10H2,1-3H3. The van der Waals surface area contributed by atoms with Gasteiger partial charge in [-0.25, -0.2) is 4.98 Å². The number of ether oxygens (including phenoxy) is 2. The second-order valence-electron chi connectivity index (χ2n) is 6.25. The predicted octanol–water partition coefficient (Wildman–Crippen LogP) is 3.17. The first-order valence-electron chi connectivity index (χ1n) is 7.77. The van der Waals surface area contributed by atoms with Gasteiger partial charge in [0, 0.05) is 25.1 Å². The fourth-order valence-electron chi connectivity index (χ4n) is 2.75. The van der Waals surface area contributed by atoms with Crippen LogP contribution in [0.5, 0.6) is 11.5 Å². The van der Waals surface area contributed by atoms with E-state index in [0.29, 0.717) is 25.7 Å². The summed E-state index contributed by atoms with van der Waals surface area (Å²) in [4.78, 5) is 4.77. The highest BCUT2D eigenvalue weighted by Gasteiger charge is 2.19. The lowest BCUT2D eigenvalue weighted by molar-refractivity contribution is 0.172. The summed E-state index contributed by atoms with van der Waals surface area (Å²) in [6, 6.07) is 6.24. The Labute approximate surface area is 130 Å². The van der Waals surface area contributed by atoms with Crippen LogP contribution in [0, 0.1) is 23.2 Å². The van der Waals surface area contributed by atoms with E-state index in [9.17, 15) is 0 Å². The number of fused-ring (bicyclic) bond motifs is 2. The Morgan fingerprint density at radius 2 is 1.91 bits per heavy atom. The van der Waals surface area contributed by atoms with E-state index in [2.05, 4.69) is 24.5 Å². The molecule has 0 aliphatic carbocycles. The SMILES string of the molecule is CC(C)Cc1nc2cc3c(cc2n1CC(C)C#N)OCCO3. The summed E-state index contributed by atoms with van der Waals surface area (Å²) in [7, 11) is 0. The first-order chi connectivity index (χ1) is 10.6.